The maximum atomic E-state index is 12.9. The number of ketones is 1. The summed E-state index contributed by atoms with van der Waals surface area (Å²) in [5.74, 6) is -0.345. The standard InChI is InChI=1S/C22H20ClNO3S/c1-16-12-14-19(15-13-16)28(26,27)24-21(17-8-4-2-5-9-17)20(23)22(25)18-10-6-3-7-11-18/h2-15,20-21,24H,1H3/t20-,21-/m1/s1. The average molecular weight is 414 g/mol. The van der Waals surface area contributed by atoms with Crippen molar-refractivity contribution in [3.8, 4) is 0 Å². The molecule has 3 rings (SSSR count). The maximum absolute atomic E-state index is 12.9. The number of sulfonamides is 1. The molecule has 28 heavy (non-hydrogen) atoms. The molecule has 0 spiro atoms. The summed E-state index contributed by atoms with van der Waals surface area (Å²) in [6.45, 7) is 1.88. The quantitative estimate of drug-likeness (QED) is 0.458. The minimum absolute atomic E-state index is 0.120. The molecule has 0 saturated heterocycles. The van der Waals surface area contributed by atoms with Gasteiger partial charge in [0.1, 0.15) is 5.38 Å². The molecule has 0 bridgehead atoms. The lowest BCUT2D eigenvalue weighted by atomic mass is 9.98. The lowest BCUT2D eigenvalue weighted by Crippen LogP contribution is -2.37. The van der Waals surface area contributed by atoms with E-state index < -0.39 is 21.4 Å². The van der Waals surface area contributed by atoms with Crippen LogP contribution in [0.3, 0.4) is 0 Å². The van der Waals surface area contributed by atoms with Crippen LogP contribution in [0.15, 0.2) is 89.8 Å². The fraction of sp³-hybridized carbons (Fsp3) is 0.136. The molecule has 1 N–H and O–H groups in total. The largest absolute Gasteiger partial charge is 0.292 e. The minimum atomic E-state index is -3.87. The Labute approximate surface area is 170 Å². The van der Waals surface area contributed by atoms with Gasteiger partial charge in [0.05, 0.1) is 10.9 Å². The molecule has 0 aliphatic heterocycles. The third kappa shape index (κ3) is 4.68. The van der Waals surface area contributed by atoms with Crippen molar-refractivity contribution < 1.29 is 13.2 Å². The van der Waals surface area contributed by atoms with E-state index in [1.54, 1.807) is 66.7 Å². The molecule has 0 unspecified atom stereocenters. The van der Waals surface area contributed by atoms with E-state index in [9.17, 15) is 13.2 Å². The van der Waals surface area contributed by atoms with Gasteiger partial charge in [0.2, 0.25) is 10.0 Å². The van der Waals surface area contributed by atoms with Crippen molar-refractivity contribution in [2.24, 2.45) is 0 Å². The zero-order chi connectivity index (χ0) is 20.1. The summed E-state index contributed by atoms with van der Waals surface area (Å²) < 4.78 is 28.4. The lowest BCUT2D eigenvalue weighted by molar-refractivity contribution is 0.0977. The van der Waals surface area contributed by atoms with E-state index in [-0.39, 0.29) is 10.7 Å². The Hall–Kier alpha value is -2.47. The normalized spacial score (nSPS) is 13.6. The predicted octanol–water partition coefficient (Wildman–Crippen LogP) is 4.50. The van der Waals surface area contributed by atoms with Crippen molar-refractivity contribution in [3.05, 3.63) is 102 Å². The molecule has 2 atom stereocenters. The molecule has 0 saturated carbocycles. The number of nitrogens with one attached hydrogen (secondary N) is 1. The molecular formula is C22H20ClNO3S. The Balaban J connectivity index is 1.96. The summed E-state index contributed by atoms with van der Waals surface area (Å²) in [6.07, 6.45) is 0. The smallest absolute Gasteiger partial charge is 0.241 e. The van der Waals surface area contributed by atoms with Gasteiger partial charge in [-0.3, -0.25) is 4.79 Å². The van der Waals surface area contributed by atoms with Crippen molar-refractivity contribution in [2.45, 2.75) is 23.2 Å². The van der Waals surface area contributed by atoms with Crippen LogP contribution in [-0.2, 0) is 10.0 Å². The van der Waals surface area contributed by atoms with E-state index in [2.05, 4.69) is 4.72 Å². The highest BCUT2D eigenvalue weighted by Gasteiger charge is 2.32. The Bertz CT molecular complexity index is 1040. The van der Waals surface area contributed by atoms with Crippen LogP contribution >= 0.6 is 11.6 Å². The summed E-state index contributed by atoms with van der Waals surface area (Å²) in [7, 11) is -3.87. The number of alkyl halides is 1. The second-order valence-corrected chi connectivity index (χ2v) is 8.64. The first-order valence-electron chi connectivity index (χ1n) is 8.76. The number of hydrogen-bond donors (Lipinski definition) is 1. The highest BCUT2D eigenvalue weighted by atomic mass is 35.5. The average Bonchev–Trinajstić information content (AvgIpc) is 2.72. The van der Waals surface area contributed by atoms with Gasteiger partial charge in [0.25, 0.3) is 0 Å². The molecule has 0 aliphatic rings. The van der Waals surface area contributed by atoms with Crippen molar-refractivity contribution in [1.29, 1.82) is 0 Å². The second kappa shape index (κ2) is 8.69. The third-order valence-corrected chi connectivity index (χ3v) is 6.28. The zero-order valence-corrected chi connectivity index (χ0v) is 16.8. The van der Waals surface area contributed by atoms with Gasteiger partial charge in [-0.15, -0.1) is 11.6 Å². The molecule has 0 radical (unpaired) electrons. The Morgan fingerprint density at radius 2 is 1.39 bits per heavy atom. The first-order valence-corrected chi connectivity index (χ1v) is 10.7. The molecule has 144 valence electrons. The van der Waals surface area contributed by atoms with Crippen LogP contribution in [0.1, 0.15) is 27.5 Å². The van der Waals surface area contributed by atoms with Crippen LogP contribution < -0.4 is 4.72 Å². The van der Waals surface area contributed by atoms with Gasteiger partial charge in [0, 0.05) is 5.56 Å². The zero-order valence-electron chi connectivity index (χ0n) is 15.2. The first kappa shape index (κ1) is 20.3. The van der Waals surface area contributed by atoms with Crippen molar-refractivity contribution in [3.63, 3.8) is 0 Å². The van der Waals surface area contributed by atoms with Crippen molar-refractivity contribution >= 4 is 27.4 Å². The van der Waals surface area contributed by atoms with E-state index in [4.69, 9.17) is 11.6 Å². The highest BCUT2D eigenvalue weighted by Crippen LogP contribution is 2.27. The van der Waals surface area contributed by atoms with Crippen molar-refractivity contribution in [1.82, 2.24) is 4.72 Å². The Morgan fingerprint density at radius 1 is 0.857 bits per heavy atom. The monoisotopic (exact) mass is 413 g/mol. The number of Topliss-reactive ketones (excluding diaryl/α,β-unsaturated/α-hetero) is 1. The predicted molar refractivity (Wildman–Crippen MR) is 111 cm³/mol. The van der Waals surface area contributed by atoms with Gasteiger partial charge in [-0.2, -0.15) is 0 Å². The van der Waals surface area contributed by atoms with E-state index >= 15 is 0 Å². The van der Waals surface area contributed by atoms with Crippen LogP contribution in [0.25, 0.3) is 0 Å². The first-order chi connectivity index (χ1) is 13.4. The van der Waals surface area contributed by atoms with E-state index in [1.165, 1.54) is 12.1 Å². The number of aryl methyl sites for hydroxylation is 1. The van der Waals surface area contributed by atoms with Crippen LogP contribution in [-0.4, -0.2) is 19.6 Å². The molecular weight excluding hydrogens is 394 g/mol. The summed E-state index contributed by atoms with van der Waals surface area (Å²) in [4.78, 5) is 13.0. The highest BCUT2D eigenvalue weighted by molar-refractivity contribution is 7.89. The fourth-order valence-electron chi connectivity index (χ4n) is 2.82. The number of benzene rings is 3. The van der Waals surface area contributed by atoms with Gasteiger partial charge in [0.15, 0.2) is 5.78 Å². The Morgan fingerprint density at radius 3 is 1.96 bits per heavy atom. The molecule has 4 nitrogen and oxygen atoms in total. The maximum Gasteiger partial charge on any atom is 0.241 e. The summed E-state index contributed by atoms with van der Waals surface area (Å²) in [5.41, 5.74) is 1.99. The van der Waals surface area contributed by atoms with Crippen LogP contribution in [0.4, 0.5) is 0 Å². The Kier molecular flexibility index (Phi) is 6.29. The number of hydrogen-bond acceptors (Lipinski definition) is 3. The molecule has 0 aliphatic carbocycles. The number of carbonyl (C=O) groups is 1. The fourth-order valence-corrected chi connectivity index (χ4v) is 4.47. The lowest BCUT2D eigenvalue weighted by Gasteiger charge is -2.23. The topological polar surface area (TPSA) is 63.2 Å². The number of halogens is 1. The van der Waals surface area contributed by atoms with Crippen molar-refractivity contribution in [2.75, 3.05) is 0 Å². The number of rotatable bonds is 7. The van der Waals surface area contributed by atoms with E-state index in [1.807, 2.05) is 13.0 Å². The summed E-state index contributed by atoms with van der Waals surface area (Å²) in [6, 6.07) is 23.1. The van der Waals surface area contributed by atoms with Crippen LogP contribution in [0, 0.1) is 6.92 Å². The van der Waals surface area contributed by atoms with E-state index in [0.717, 1.165) is 5.56 Å². The molecule has 0 heterocycles. The van der Waals surface area contributed by atoms with Crippen LogP contribution in [0.2, 0.25) is 0 Å². The van der Waals surface area contributed by atoms with Gasteiger partial charge >= 0.3 is 0 Å². The number of carbonyl (C=O) groups excluding carboxylic acids is 1. The third-order valence-electron chi connectivity index (χ3n) is 4.37. The summed E-state index contributed by atoms with van der Waals surface area (Å²) in [5, 5.41) is -1.11. The van der Waals surface area contributed by atoms with Crippen LogP contribution in [0.5, 0.6) is 0 Å². The molecule has 6 heteroatoms. The van der Waals surface area contributed by atoms with Gasteiger partial charge in [-0.05, 0) is 24.6 Å². The van der Waals surface area contributed by atoms with Gasteiger partial charge in [-0.1, -0.05) is 78.4 Å². The minimum Gasteiger partial charge on any atom is -0.292 e. The molecule has 3 aromatic rings. The molecule has 0 aromatic heterocycles. The molecule has 3 aromatic carbocycles. The van der Waals surface area contributed by atoms with Gasteiger partial charge in [-0.25, -0.2) is 13.1 Å². The second-order valence-electron chi connectivity index (χ2n) is 6.45. The SMILES string of the molecule is Cc1ccc(S(=O)(=O)N[C@H](c2ccccc2)[C@@H](Cl)C(=O)c2ccccc2)cc1. The van der Waals surface area contributed by atoms with E-state index in [0.29, 0.717) is 11.1 Å². The van der Waals surface area contributed by atoms with Gasteiger partial charge < -0.3 is 0 Å². The molecule has 0 amide bonds. The summed E-state index contributed by atoms with van der Waals surface area (Å²) >= 11 is 6.51. The molecule has 0 fully saturated rings.